The Labute approximate surface area is 114 Å². The van der Waals surface area contributed by atoms with E-state index in [1.807, 2.05) is 17.3 Å². The van der Waals surface area contributed by atoms with Gasteiger partial charge in [-0.2, -0.15) is 0 Å². The van der Waals surface area contributed by atoms with Crippen LogP contribution in [0.2, 0.25) is 0 Å². The largest absolute Gasteiger partial charge is 0.294 e. The summed E-state index contributed by atoms with van der Waals surface area (Å²) in [6.45, 7) is 0. The highest BCUT2D eigenvalue weighted by Gasteiger charge is 2.32. The zero-order chi connectivity index (χ0) is 11.9. The molecule has 3 atom stereocenters. The van der Waals surface area contributed by atoms with Crippen molar-refractivity contribution in [2.75, 3.05) is 0 Å². The smallest absolute Gasteiger partial charge is 0.0815 e. The molecular weight excluding hydrogens is 260 g/mol. The summed E-state index contributed by atoms with van der Waals surface area (Å²) in [5, 5.41) is 4.60. The Hall–Kier alpha value is -1.10. The minimum Gasteiger partial charge on any atom is -0.294 e. The van der Waals surface area contributed by atoms with Crippen molar-refractivity contribution in [2.45, 2.75) is 16.7 Å². The Morgan fingerprint density at radius 3 is 3.06 bits per heavy atom. The molecule has 1 aromatic heterocycles. The van der Waals surface area contributed by atoms with E-state index in [1.54, 1.807) is 11.3 Å². The molecule has 3 unspecified atom stereocenters. The average molecular weight is 272 g/mol. The van der Waals surface area contributed by atoms with Gasteiger partial charge in [-0.05, 0) is 17.7 Å². The van der Waals surface area contributed by atoms with Crippen LogP contribution in [-0.2, 0) is 0 Å². The van der Waals surface area contributed by atoms with Crippen LogP contribution in [0.3, 0.4) is 0 Å². The highest BCUT2D eigenvalue weighted by Crippen LogP contribution is 2.41. The lowest BCUT2D eigenvalue weighted by Gasteiger charge is -2.13. The summed E-state index contributed by atoms with van der Waals surface area (Å²) in [4.78, 5) is 4.39. The van der Waals surface area contributed by atoms with Gasteiger partial charge >= 0.3 is 0 Å². The second-order valence-electron chi connectivity index (χ2n) is 4.52. The van der Waals surface area contributed by atoms with Crippen molar-refractivity contribution in [1.29, 1.82) is 0 Å². The molecule has 0 saturated carbocycles. The number of aromatic nitrogens is 1. The monoisotopic (exact) mass is 272 g/mol. The topological polar surface area (TPSA) is 24.9 Å². The van der Waals surface area contributed by atoms with E-state index >= 15 is 0 Å². The summed E-state index contributed by atoms with van der Waals surface area (Å²) in [6.07, 6.45) is 8.80. The van der Waals surface area contributed by atoms with Gasteiger partial charge in [0.1, 0.15) is 0 Å². The number of nitrogens with one attached hydrogen (secondary N) is 1. The quantitative estimate of drug-likeness (QED) is 0.860. The lowest BCUT2D eigenvalue weighted by atomic mass is 10.1. The van der Waals surface area contributed by atoms with E-state index in [9.17, 15) is 0 Å². The van der Waals surface area contributed by atoms with Crippen LogP contribution in [0.25, 0.3) is 10.2 Å². The zero-order valence-electron chi connectivity index (χ0n) is 9.61. The molecule has 0 bridgehead atoms. The first kappa shape index (κ1) is 10.8. The van der Waals surface area contributed by atoms with E-state index in [-0.39, 0.29) is 0 Å². The molecule has 1 aliphatic carbocycles. The highest BCUT2D eigenvalue weighted by atomic mass is 32.2. The van der Waals surface area contributed by atoms with Crippen LogP contribution in [0, 0.1) is 0 Å². The molecule has 90 valence electrons. The van der Waals surface area contributed by atoms with Crippen LogP contribution in [0.1, 0.15) is 10.9 Å². The second kappa shape index (κ2) is 4.23. The number of rotatable bonds is 1. The Bertz CT molecular complexity index is 624. The van der Waals surface area contributed by atoms with Gasteiger partial charge in [-0.3, -0.25) is 5.32 Å². The number of allylic oxidation sites excluding steroid dienone is 2. The summed E-state index contributed by atoms with van der Waals surface area (Å²) in [5.41, 5.74) is 4.35. The lowest BCUT2D eigenvalue weighted by Crippen LogP contribution is -2.28. The van der Waals surface area contributed by atoms with Gasteiger partial charge in [0.2, 0.25) is 0 Å². The third-order valence-electron chi connectivity index (χ3n) is 3.38. The Morgan fingerprint density at radius 2 is 2.11 bits per heavy atom. The van der Waals surface area contributed by atoms with Gasteiger partial charge in [-0.25, -0.2) is 4.98 Å². The van der Waals surface area contributed by atoms with Crippen molar-refractivity contribution in [3.05, 3.63) is 53.6 Å². The molecule has 18 heavy (non-hydrogen) atoms. The van der Waals surface area contributed by atoms with Crippen LogP contribution in [-0.4, -0.2) is 16.3 Å². The van der Waals surface area contributed by atoms with Crippen LogP contribution in [0.5, 0.6) is 0 Å². The Morgan fingerprint density at radius 1 is 1.17 bits per heavy atom. The molecule has 0 spiro atoms. The zero-order valence-corrected chi connectivity index (χ0v) is 11.2. The molecule has 1 aromatic carbocycles. The predicted octanol–water partition coefficient (Wildman–Crippen LogP) is 3.49. The maximum Gasteiger partial charge on any atom is 0.0815 e. The average Bonchev–Trinajstić information content (AvgIpc) is 3.04. The van der Waals surface area contributed by atoms with E-state index in [0.29, 0.717) is 16.7 Å². The van der Waals surface area contributed by atoms with Crippen molar-refractivity contribution >= 4 is 33.3 Å². The van der Waals surface area contributed by atoms with E-state index in [0.717, 1.165) is 5.52 Å². The molecule has 4 heteroatoms. The van der Waals surface area contributed by atoms with Crippen molar-refractivity contribution in [3.63, 3.8) is 0 Å². The third-order valence-corrected chi connectivity index (χ3v) is 5.63. The first-order valence-corrected chi connectivity index (χ1v) is 7.82. The van der Waals surface area contributed by atoms with E-state index in [4.69, 9.17) is 0 Å². The van der Waals surface area contributed by atoms with Gasteiger partial charge in [-0.15, -0.1) is 23.1 Å². The van der Waals surface area contributed by atoms with Crippen LogP contribution in [0.15, 0.2) is 48.0 Å². The molecular formula is C14H12N2S2. The first-order chi connectivity index (χ1) is 8.90. The normalized spacial score (nSPS) is 29.9. The molecule has 2 nitrogen and oxygen atoms in total. The van der Waals surface area contributed by atoms with Gasteiger partial charge < -0.3 is 0 Å². The van der Waals surface area contributed by atoms with Gasteiger partial charge in [0.05, 0.1) is 21.1 Å². The molecule has 2 heterocycles. The molecule has 1 saturated heterocycles. The van der Waals surface area contributed by atoms with Gasteiger partial charge in [0.25, 0.3) is 0 Å². The highest BCUT2D eigenvalue weighted by molar-refractivity contribution is 8.00. The number of hydrogen-bond acceptors (Lipinski definition) is 4. The second-order valence-corrected chi connectivity index (χ2v) is 6.70. The van der Waals surface area contributed by atoms with Crippen LogP contribution >= 0.6 is 23.1 Å². The maximum absolute atomic E-state index is 4.39. The van der Waals surface area contributed by atoms with Gasteiger partial charge in [-0.1, -0.05) is 30.4 Å². The number of thiazole rings is 1. The predicted molar refractivity (Wildman–Crippen MR) is 78.9 cm³/mol. The maximum atomic E-state index is 4.39. The van der Waals surface area contributed by atoms with Crippen LogP contribution < -0.4 is 5.32 Å². The summed E-state index contributed by atoms with van der Waals surface area (Å²) >= 11 is 3.68. The lowest BCUT2D eigenvalue weighted by molar-refractivity contribution is 0.633. The van der Waals surface area contributed by atoms with Gasteiger partial charge in [0, 0.05) is 11.3 Å². The Balaban J connectivity index is 1.67. The standard InChI is InChI=1S/C14H12N2S2/c1-2-4-13-10(3-1)16-14(18-13)9-5-6-12-11(7-9)15-8-17-12/h1-8,10,13-14,16H. The fourth-order valence-electron chi connectivity index (χ4n) is 2.45. The molecule has 2 aliphatic rings. The number of fused-ring (bicyclic) bond motifs is 2. The summed E-state index contributed by atoms with van der Waals surface area (Å²) in [7, 11) is 0. The number of nitrogens with zero attached hydrogens (tertiary/aromatic N) is 1. The third kappa shape index (κ3) is 1.72. The Kier molecular flexibility index (Phi) is 2.53. The number of benzene rings is 1. The molecule has 4 rings (SSSR count). The summed E-state index contributed by atoms with van der Waals surface area (Å²) in [6, 6.07) is 7.08. The summed E-state index contributed by atoms with van der Waals surface area (Å²) in [5.74, 6) is 0. The minimum atomic E-state index is 0.374. The van der Waals surface area contributed by atoms with Crippen molar-refractivity contribution < 1.29 is 0 Å². The molecule has 1 N–H and O–H groups in total. The number of hydrogen-bond donors (Lipinski definition) is 1. The molecule has 1 fully saturated rings. The first-order valence-electron chi connectivity index (χ1n) is 6.00. The molecule has 1 aliphatic heterocycles. The van der Waals surface area contributed by atoms with E-state index in [1.165, 1.54) is 10.3 Å². The van der Waals surface area contributed by atoms with E-state index < -0.39 is 0 Å². The van der Waals surface area contributed by atoms with E-state index in [2.05, 4.69) is 52.8 Å². The van der Waals surface area contributed by atoms with Crippen LogP contribution in [0.4, 0.5) is 0 Å². The molecule has 2 aromatic rings. The number of thioether (sulfide) groups is 1. The SMILES string of the molecule is C1=CC2NC(c3ccc4scnc4c3)SC2C=C1. The van der Waals surface area contributed by atoms with Gasteiger partial charge in [0.15, 0.2) is 0 Å². The molecule has 0 amide bonds. The van der Waals surface area contributed by atoms with Crippen molar-refractivity contribution in [3.8, 4) is 0 Å². The fraction of sp³-hybridized carbons (Fsp3) is 0.214. The minimum absolute atomic E-state index is 0.374. The van der Waals surface area contributed by atoms with Crippen molar-refractivity contribution in [1.82, 2.24) is 10.3 Å². The summed E-state index contributed by atoms with van der Waals surface area (Å²) < 4.78 is 1.26. The van der Waals surface area contributed by atoms with Crippen molar-refractivity contribution in [2.24, 2.45) is 0 Å². The molecule has 0 radical (unpaired) electrons. The fourth-order valence-corrected chi connectivity index (χ4v) is 4.48.